The van der Waals surface area contributed by atoms with Gasteiger partial charge in [-0.3, -0.25) is 0 Å². The number of rotatable bonds is 19. The molecular weight excluding hydrogens is 387 g/mol. The van der Waals surface area contributed by atoms with Crippen molar-refractivity contribution >= 4 is 10.1 Å². The minimum atomic E-state index is -4.29. The topological polar surface area (TPSA) is 77.4 Å². The van der Waals surface area contributed by atoms with E-state index in [1.54, 1.807) is 0 Å². The van der Waals surface area contributed by atoms with Gasteiger partial charge in [-0.1, -0.05) is 103 Å². The number of aliphatic hydroxyl groups is 1. The first-order chi connectivity index (χ1) is 12.4. The fourth-order valence-corrected chi connectivity index (χ4v) is 4.47. The van der Waals surface area contributed by atoms with Crippen molar-refractivity contribution in [2.75, 3.05) is 0 Å². The average molecular weight is 431 g/mol. The van der Waals surface area contributed by atoms with E-state index in [-0.39, 0.29) is 57.8 Å². The second-order valence-corrected chi connectivity index (χ2v) is 9.59. The maximum absolute atomic E-state index is 11.2. The van der Waals surface area contributed by atoms with Gasteiger partial charge in [-0.2, -0.15) is 0 Å². The molecule has 6 heteroatoms. The van der Waals surface area contributed by atoms with Crippen molar-refractivity contribution in [2.45, 2.75) is 134 Å². The van der Waals surface area contributed by atoms with Crippen LogP contribution in [-0.2, 0) is 10.1 Å². The molecule has 27 heavy (non-hydrogen) atoms. The van der Waals surface area contributed by atoms with Gasteiger partial charge in [0.2, 0.25) is 0 Å². The van der Waals surface area contributed by atoms with Crippen LogP contribution in [0.3, 0.4) is 0 Å². The third-order valence-electron chi connectivity index (χ3n) is 5.14. The van der Waals surface area contributed by atoms with Gasteiger partial charge in [-0.15, -0.1) is 0 Å². The molecular formula is C21H43KO4S. The predicted molar refractivity (Wildman–Crippen MR) is 109 cm³/mol. The summed E-state index contributed by atoms with van der Waals surface area (Å²) in [7, 11) is -4.29. The predicted octanol–water partition coefficient (Wildman–Crippen LogP) is 2.94. The van der Waals surface area contributed by atoms with Crippen molar-refractivity contribution in [3.8, 4) is 0 Å². The molecule has 0 aromatic rings. The minimum Gasteiger partial charge on any atom is -0.748 e. The van der Waals surface area contributed by atoms with Crippen LogP contribution in [-0.4, -0.2) is 29.4 Å². The number of hydrogen-bond donors (Lipinski definition) is 1. The molecule has 1 N–H and O–H groups in total. The molecule has 0 amide bonds. The van der Waals surface area contributed by atoms with Crippen molar-refractivity contribution in [1.29, 1.82) is 0 Å². The van der Waals surface area contributed by atoms with Crippen LogP contribution < -0.4 is 51.4 Å². The van der Waals surface area contributed by atoms with Gasteiger partial charge < -0.3 is 9.66 Å². The third kappa shape index (κ3) is 22.0. The standard InChI is InChI=1S/C21H44O4S.K/c1-3-4-5-6-7-8-9-10-11-12-13-14-15-16-17-18-21(19-20(2)22)26(23,24)25;/h20-22H,3-19H2,1-2H3,(H,23,24,25);/q;+1/p-1. The Hall–Kier alpha value is 1.51. The van der Waals surface area contributed by atoms with Gasteiger partial charge in [0, 0.05) is 0 Å². The molecule has 0 bridgehead atoms. The summed E-state index contributed by atoms with van der Waals surface area (Å²) in [6, 6.07) is 0. The van der Waals surface area contributed by atoms with Crippen molar-refractivity contribution in [1.82, 2.24) is 0 Å². The van der Waals surface area contributed by atoms with Gasteiger partial charge in [0.05, 0.1) is 21.5 Å². The summed E-state index contributed by atoms with van der Waals surface area (Å²) in [6.45, 7) is 3.79. The Kier molecular flexibility index (Phi) is 23.6. The molecule has 0 saturated carbocycles. The summed E-state index contributed by atoms with van der Waals surface area (Å²) >= 11 is 0. The zero-order chi connectivity index (χ0) is 19.7. The quantitative estimate of drug-likeness (QED) is 0.194. The molecule has 0 aliphatic heterocycles. The van der Waals surface area contributed by atoms with E-state index in [1.165, 1.54) is 84.0 Å². The molecule has 0 saturated heterocycles. The summed E-state index contributed by atoms with van der Waals surface area (Å²) < 4.78 is 33.5. The molecule has 0 fully saturated rings. The normalized spacial score (nSPS) is 13.9. The van der Waals surface area contributed by atoms with Crippen LogP contribution in [0.25, 0.3) is 0 Å². The number of unbranched alkanes of at least 4 members (excludes halogenated alkanes) is 14. The first-order valence-electron chi connectivity index (χ1n) is 11.0. The van der Waals surface area contributed by atoms with E-state index in [0.29, 0.717) is 6.42 Å². The molecule has 4 nitrogen and oxygen atoms in total. The second-order valence-electron chi connectivity index (χ2n) is 7.94. The Morgan fingerprint density at radius 1 is 0.741 bits per heavy atom. The zero-order valence-electron chi connectivity index (χ0n) is 18.3. The van der Waals surface area contributed by atoms with E-state index < -0.39 is 21.5 Å². The van der Waals surface area contributed by atoms with E-state index >= 15 is 0 Å². The van der Waals surface area contributed by atoms with Gasteiger partial charge in [0.15, 0.2) is 0 Å². The maximum Gasteiger partial charge on any atom is 1.00 e. The molecule has 0 aromatic heterocycles. The molecule has 0 aromatic carbocycles. The van der Waals surface area contributed by atoms with Gasteiger partial charge in [-0.05, 0) is 19.8 Å². The molecule has 0 aliphatic carbocycles. The third-order valence-corrected chi connectivity index (χ3v) is 6.39. The molecule has 158 valence electrons. The Balaban J connectivity index is 0. The fraction of sp³-hybridized carbons (Fsp3) is 1.00. The van der Waals surface area contributed by atoms with Crippen LogP contribution in [0.2, 0.25) is 0 Å². The molecule has 2 atom stereocenters. The SMILES string of the molecule is CCCCCCCCCCCCCCCCCC(CC(C)O)S(=O)(=O)[O-].[K+]. The maximum atomic E-state index is 11.2. The summed E-state index contributed by atoms with van der Waals surface area (Å²) in [4.78, 5) is 0. The monoisotopic (exact) mass is 430 g/mol. The van der Waals surface area contributed by atoms with E-state index in [9.17, 15) is 18.1 Å². The summed E-state index contributed by atoms with van der Waals surface area (Å²) in [5.74, 6) is 0. The van der Waals surface area contributed by atoms with Crippen LogP contribution in [0.15, 0.2) is 0 Å². The van der Waals surface area contributed by atoms with Crippen LogP contribution in [0.1, 0.15) is 123 Å². The van der Waals surface area contributed by atoms with Crippen LogP contribution >= 0.6 is 0 Å². The summed E-state index contributed by atoms with van der Waals surface area (Å²) in [5.41, 5.74) is 0. The Labute approximate surface area is 211 Å². The second kappa shape index (κ2) is 20.8. The van der Waals surface area contributed by atoms with E-state index in [0.717, 1.165) is 19.3 Å². The van der Waals surface area contributed by atoms with Crippen molar-refractivity contribution in [2.24, 2.45) is 0 Å². The van der Waals surface area contributed by atoms with Crippen LogP contribution in [0.4, 0.5) is 0 Å². The zero-order valence-corrected chi connectivity index (χ0v) is 22.2. The van der Waals surface area contributed by atoms with Crippen molar-refractivity contribution in [3.63, 3.8) is 0 Å². The number of hydrogen-bond acceptors (Lipinski definition) is 4. The fourth-order valence-electron chi connectivity index (χ4n) is 3.50. The van der Waals surface area contributed by atoms with E-state index in [1.807, 2.05) is 0 Å². The first-order valence-corrected chi connectivity index (χ1v) is 12.5. The molecule has 0 heterocycles. The number of aliphatic hydroxyl groups excluding tert-OH is 1. The first kappa shape index (κ1) is 30.7. The van der Waals surface area contributed by atoms with Crippen LogP contribution in [0, 0.1) is 0 Å². The molecule has 0 rings (SSSR count). The van der Waals surface area contributed by atoms with Gasteiger partial charge in [0.1, 0.15) is 0 Å². The Morgan fingerprint density at radius 2 is 1.07 bits per heavy atom. The largest absolute Gasteiger partial charge is 1.00 e. The van der Waals surface area contributed by atoms with Gasteiger partial charge in [0.25, 0.3) is 0 Å². The summed E-state index contributed by atoms with van der Waals surface area (Å²) in [6.07, 6.45) is 18.7. The van der Waals surface area contributed by atoms with Crippen molar-refractivity contribution in [3.05, 3.63) is 0 Å². The van der Waals surface area contributed by atoms with Crippen molar-refractivity contribution < 1.29 is 69.5 Å². The van der Waals surface area contributed by atoms with Gasteiger partial charge >= 0.3 is 51.4 Å². The van der Waals surface area contributed by atoms with E-state index in [2.05, 4.69) is 6.92 Å². The summed E-state index contributed by atoms with van der Waals surface area (Å²) in [5, 5.41) is 8.38. The van der Waals surface area contributed by atoms with E-state index in [4.69, 9.17) is 0 Å². The minimum absolute atomic E-state index is 0. The molecule has 0 aliphatic rings. The molecule has 0 radical (unpaired) electrons. The molecule has 0 spiro atoms. The van der Waals surface area contributed by atoms with Gasteiger partial charge in [-0.25, -0.2) is 8.42 Å². The Morgan fingerprint density at radius 3 is 1.37 bits per heavy atom. The average Bonchev–Trinajstić information content (AvgIpc) is 2.56. The van der Waals surface area contributed by atoms with Crippen LogP contribution in [0.5, 0.6) is 0 Å². The smallest absolute Gasteiger partial charge is 0.748 e. The molecule has 2 unspecified atom stereocenters. The Bertz CT molecular complexity index is 399.